The minimum absolute atomic E-state index is 0.145. The fraction of sp³-hybridized carbons (Fsp3) is 0.241. The van der Waals surface area contributed by atoms with E-state index < -0.39 is 25.1 Å². The molecule has 0 aromatic heterocycles. The fourth-order valence-corrected chi connectivity index (χ4v) is 6.10. The summed E-state index contributed by atoms with van der Waals surface area (Å²) in [7, 11) is -1.14. The predicted molar refractivity (Wildman–Crippen MR) is 141 cm³/mol. The van der Waals surface area contributed by atoms with Gasteiger partial charge in [-0.3, -0.25) is 14.5 Å². The van der Waals surface area contributed by atoms with Gasteiger partial charge in [-0.2, -0.15) is 0 Å². The SMILES string of the molecule is CC1=C2B(O)O[C@H](c3ccc(O)cc3)C[C@H]2[C@H]2C(=O)N(c3ccc(Nc4ccccc4)cc3)C(=O)[C@H]2C1. The molecule has 3 aromatic carbocycles. The van der Waals surface area contributed by atoms with Crippen molar-refractivity contribution >= 4 is 36.0 Å². The standard InChI is InChI=1S/C29H27BN2O5/c1-17-15-24-26(23-16-25(37-30(36)27(17)23)18-7-13-22(33)14-8-18)29(35)32(28(24)34)21-11-9-20(10-12-21)31-19-5-3-2-4-6-19/h2-14,23-26,31,33,36H,15-16H2,1H3/t23-,24-,25-,26+/m0/s1. The Labute approximate surface area is 215 Å². The van der Waals surface area contributed by atoms with Crippen LogP contribution in [-0.2, 0) is 14.2 Å². The third-order valence-corrected chi connectivity index (χ3v) is 7.81. The van der Waals surface area contributed by atoms with Crippen LogP contribution in [0.5, 0.6) is 5.75 Å². The van der Waals surface area contributed by atoms with E-state index in [1.54, 1.807) is 36.4 Å². The Hall–Kier alpha value is -3.88. The molecule has 6 rings (SSSR count). The van der Waals surface area contributed by atoms with Crippen molar-refractivity contribution in [1.82, 2.24) is 0 Å². The number of benzene rings is 3. The van der Waals surface area contributed by atoms with Gasteiger partial charge in [0.1, 0.15) is 5.75 Å². The third-order valence-electron chi connectivity index (χ3n) is 7.81. The Morgan fingerprint density at radius 1 is 0.892 bits per heavy atom. The van der Waals surface area contributed by atoms with Gasteiger partial charge in [0.05, 0.1) is 23.6 Å². The van der Waals surface area contributed by atoms with Crippen molar-refractivity contribution in [3.05, 3.63) is 95.5 Å². The van der Waals surface area contributed by atoms with E-state index in [0.29, 0.717) is 18.5 Å². The zero-order valence-corrected chi connectivity index (χ0v) is 20.4. The van der Waals surface area contributed by atoms with Gasteiger partial charge in [-0.05, 0) is 85.3 Å². The number of hydrogen-bond acceptors (Lipinski definition) is 6. The van der Waals surface area contributed by atoms with E-state index in [0.717, 1.165) is 28.0 Å². The Bertz CT molecular complexity index is 1370. The van der Waals surface area contributed by atoms with Crippen molar-refractivity contribution in [1.29, 1.82) is 0 Å². The summed E-state index contributed by atoms with van der Waals surface area (Å²) in [6.07, 6.45) is 0.453. The lowest BCUT2D eigenvalue weighted by atomic mass is 9.55. The first-order valence-electron chi connectivity index (χ1n) is 12.5. The second-order valence-electron chi connectivity index (χ2n) is 10.0. The summed E-state index contributed by atoms with van der Waals surface area (Å²) in [6, 6.07) is 23.7. The first-order chi connectivity index (χ1) is 17.9. The molecule has 4 atom stereocenters. The topological polar surface area (TPSA) is 99.1 Å². The van der Waals surface area contributed by atoms with Crippen LogP contribution in [0.15, 0.2) is 89.9 Å². The Morgan fingerprint density at radius 3 is 2.27 bits per heavy atom. The summed E-state index contributed by atoms with van der Waals surface area (Å²) >= 11 is 0. The minimum Gasteiger partial charge on any atom is -0.508 e. The zero-order valence-electron chi connectivity index (χ0n) is 20.4. The van der Waals surface area contributed by atoms with Gasteiger partial charge in [-0.25, -0.2) is 0 Å². The van der Waals surface area contributed by atoms with Crippen molar-refractivity contribution in [2.75, 3.05) is 10.2 Å². The van der Waals surface area contributed by atoms with Crippen LogP contribution in [0, 0.1) is 17.8 Å². The van der Waals surface area contributed by atoms with Crippen LogP contribution in [-0.4, -0.2) is 29.1 Å². The number of hydrogen-bond donors (Lipinski definition) is 3. The zero-order chi connectivity index (χ0) is 25.7. The number of phenols is 1. The molecule has 8 heteroatoms. The number of anilines is 3. The summed E-state index contributed by atoms with van der Waals surface area (Å²) in [5.74, 6) is -1.60. The highest BCUT2D eigenvalue weighted by Crippen LogP contribution is 2.52. The highest BCUT2D eigenvalue weighted by atomic mass is 16.5. The first-order valence-corrected chi connectivity index (χ1v) is 12.5. The molecule has 0 radical (unpaired) electrons. The van der Waals surface area contributed by atoms with E-state index in [9.17, 15) is 19.7 Å². The maximum absolute atomic E-state index is 13.8. The molecule has 0 unspecified atom stereocenters. The average molecular weight is 494 g/mol. The largest absolute Gasteiger partial charge is 0.508 e. The number of nitrogens with zero attached hydrogens (tertiary/aromatic N) is 1. The summed E-state index contributed by atoms with van der Waals surface area (Å²) < 4.78 is 5.94. The lowest BCUT2D eigenvalue weighted by Crippen LogP contribution is -2.44. The molecule has 0 saturated carbocycles. The smallest absolute Gasteiger partial charge is 0.487 e. The molecule has 2 amide bonds. The number of fused-ring (bicyclic) bond motifs is 3. The quantitative estimate of drug-likeness (QED) is 0.358. The van der Waals surface area contributed by atoms with Crippen LogP contribution < -0.4 is 10.2 Å². The molecule has 37 heavy (non-hydrogen) atoms. The van der Waals surface area contributed by atoms with Crippen molar-refractivity contribution in [2.24, 2.45) is 17.8 Å². The minimum atomic E-state index is -1.14. The van der Waals surface area contributed by atoms with E-state index in [4.69, 9.17) is 4.65 Å². The molecule has 7 nitrogen and oxygen atoms in total. The van der Waals surface area contributed by atoms with Gasteiger partial charge in [0, 0.05) is 11.4 Å². The second-order valence-corrected chi connectivity index (χ2v) is 10.0. The molecule has 186 valence electrons. The molecule has 3 aromatic rings. The molecule has 1 aliphatic carbocycles. The highest BCUT2D eigenvalue weighted by molar-refractivity contribution is 6.53. The van der Waals surface area contributed by atoms with Gasteiger partial charge in [0.2, 0.25) is 11.8 Å². The summed E-state index contributed by atoms with van der Waals surface area (Å²) in [4.78, 5) is 28.7. The van der Waals surface area contributed by atoms with Gasteiger partial charge in [-0.1, -0.05) is 35.9 Å². The highest BCUT2D eigenvalue weighted by Gasteiger charge is 2.57. The lowest BCUT2D eigenvalue weighted by molar-refractivity contribution is -0.123. The Balaban J connectivity index is 1.27. The number of carbonyl (C=O) groups excluding carboxylic acids is 2. The Morgan fingerprint density at radius 2 is 1.57 bits per heavy atom. The first kappa shape index (κ1) is 23.5. The van der Waals surface area contributed by atoms with Crippen LogP contribution in [0.2, 0.25) is 0 Å². The molecule has 0 spiro atoms. The van der Waals surface area contributed by atoms with Crippen molar-refractivity contribution < 1.29 is 24.4 Å². The molecule has 2 saturated heterocycles. The van der Waals surface area contributed by atoms with Crippen LogP contribution in [0.4, 0.5) is 17.1 Å². The van der Waals surface area contributed by atoms with E-state index in [1.165, 1.54) is 4.90 Å². The normalized spacial score (nSPS) is 25.2. The molecule has 0 bridgehead atoms. The fourth-order valence-electron chi connectivity index (χ4n) is 6.10. The molecule has 2 fully saturated rings. The van der Waals surface area contributed by atoms with Gasteiger partial charge < -0.3 is 20.1 Å². The number of para-hydroxylation sites is 1. The molecule has 2 heterocycles. The summed E-state index contributed by atoms with van der Waals surface area (Å²) in [5, 5.41) is 23.9. The van der Waals surface area contributed by atoms with E-state index in [2.05, 4.69) is 5.32 Å². The molecule has 3 aliphatic rings. The lowest BCUT2D eigenvalue weighted by Gasteiger charge is -2.41. The summed E-state index contributed by atoms with van der Waals surface area (Å²) in [6.45, 7) is 1.91. The van der Waals surface area contributed by atoms with Crippen LogP contribution in [0.3, 0.4) is 0 Å². The molecular formula is C29H27BN2O5. The number of carbonyl (C=O) groups is 2. The average Bonchev–Trinajstić information content (AvgIpc) is 3.14. The van der Waals surface area contributed by atoms with Gasteiger partial charge in [-0.15, -0.1) is 0 Å². The number of aromatic hydroxyl groups is 1. The number of allylic oxidation sites excluding steroid dienone is 2. The van der Waals surface area contributed by atoms with Crippen LogP contribution in [0.25, 0.3) is 0 Å². The van der Waals surface area contributed by atoms with Crippen LogP contribution >= 0.6 is 0 Å². The maximum atomic E-state index is 13.8. The number of nitrogens with one attached hydrogen (secondary N) is 1. The molecular weight excluding hydrogens is 467 g/mol. The van der Waals surface area contributed by atoms with Crippen molar-refractivity contribution in [3.8, 4) is 5.75 Å². The van der Waals surface area contributed by atoms with E-state index in [1.807, 2.05) is 49.4 Å². The molecule has 2 aliphatic heterocycles. The third kappa shape index (κ3) is 4.12. The number of imide groups is 1. The summed E-state index contributed by atoms with van der Waals surface area (Å²) in [5.41, 5.74) is 4.80. The number of phenolic OH excluding ortho intramolecular Hbond substituents is 1. The van der Waals surface area contributed by atoms with Crippen molar-refractivity contribution in [3.63, 3.8) is 0 Å². The number of amides is 2. The van der Waals surface area contributed by atoms with Gasteiger partial charge in [0.15, 0.2) is 0 Å². The molecule has 3 N–H and O–H groups in total. The second kappa shape index (κ2) is 9.21. The monoisotopic (exact) mass is 494 g/mol. The maximum Gasteiger partial charge on any atom is 0.487 e. The Kier molecular flexibility index (Phi) is 5.86. The van der Waals surface area contributed by atoms with Crippen molar-refractivity contribution in [2.45, 2.75) is 25.9 Å². The van der Waals surface area contributed by atoms with E-state index >= 15 is 0 Å². The van der Waals surface area contributed by atoms with Crippen LogP contribution in [0.1, 0.15) is 31.4 Å². The van der Waals surface area contributed by atoms with Gasteiger partial charge in [0.25, 0.3) is 0 Å². The van der Waals surface area contributed by atoms with E-state index in [-0.39, 0.29) is 23.5 Å². The predicted octanol–water partition coefficient (Wildman–Crippen LogP) is 4.76. The van der Waals surface area contributed by atoms with Gasteiger partial charge >= 0.3 is 7.12 Å². The number of rotatable bonds is 4.